The van der Waals surface area contributed by atoms with Crippen molar-refractivity contribution < 1.29 is 4.79 Å². The number of carbonyl (C=O) groups excluding carboxylic acids is 1. The van der Waals surface area contributed by atoms with Crippen LogP contribution in [0.5, 0.6) is 0 Å². The third-order valence-electron chi connectivity index (χ3n) is 2.49. The van der Waals surface area contributed by atoms with Crippen LogP contribution in [0.15, 0.2) is 0 Å². The zero-order chi connectivity index (χ0) is 7.14. The second kappa shape index (κ2) is 2.36. The van der Waals surface area contributed by atoms with Gasteiger partial charge in [0.05, 0.1) is 0 Å². The zero-order valence-corrected chi connectivity index (χ0v) is 7.80. The summed E-state index contributed by atoms with van der Waals surface area (Å²) in [6, 6.07) is 0.507. The van der Waals surface area contributed by atoms with Crippen LogP contribution in [0.1, 0.15) is 19.3 Å². The van der Waals surface area contributed by atoms with Crippen molar-refractivity contribution in [2.45, 2.75) is 29.2 Å². The molecule has 56 valence electrons. The third kappa shape index (κ3) is 0.946. The van der Waals surface area contributed by atoms with Crippen LogP contribution in [0.3, 0.4) is 0 Å². The highest BCUT2D eigenvalue weighted by Gasteiger charge is 2.41. The van der Waals surface area contributed by atoms with E-state index in [4.69, 9.17) is 0 Å². The monoisotopic (exact) mass is 251 g/mol. The lowest BCUT2D eigenvalue weighted by Gasteiger charge is -2.11. The number of amides is 1. The number of nitrogens with one attached hydrogen (secondary N) is 1. The predicted octanol–water partition coefficient (Wildman–Crippen LogP) is 1.09. The van der Waals surface area contributed by atoms with Crippen molar-refractivity contribution >= 4 is 28.5 Å². The molecule has 0 unspecified atom stereocenters. The van der Waals surface area contributed by atoms with Crippen LogP contribution in [0, 0.1) is 5.92 Å². The highest BCUT2D eigenvalue weighted by molar-refractivity contribution is 14.1. The molecule has 1 heterocycles. The number of carbonyl (C=O) groups is 1. The molecular formula is C7H10INO. The van der Waals surface area contributed by atoms with Crippen molar-refractivity contribution in [1.82, 2.24) is 5.32 Å². The first kappa shape index (κ1) is 6.88. The summed E-state index contributed by atoms with van der Waals surface area (Å²) < 4.78 is 0.689. The Bertz CT molecular complexity index is 171. The van der Waals surface area contributed by atoms with Gasteiger partial charge < -0.3 is 5.32 Å². The van der Waals surface area contributed by atoms with Gasteiger partial charge in [0.25, 0.3) is 0 Å². The SMILES string of the molecule is O=C1C[C@H]2CC[C@@H](I)[C@H]2N1. The summed E-state index contributed by atoms with van der Waals surface area (Å²) in [6.45, 7) is 0. The highest BCUT2D eigenvalue weighted by atomic mass is 127. The highest BCUT2D eigenvalue weighted by Crippen LogP contribution is 2.36. The molecule has 1 amide bonds. The van der Waals surface area contributed by atoms with Gasteiger partial charge in [0.1, 0.15) is 0 Å². The van der Waals surface area contributed by atoms with Gasteiger partial charge in [-0.2, -0.15) is 0 Å². The summed E-state index contributed by atoms with van der Waals surface area (Å²) in [5, 5.41) is 3.02. The van der Waals surface area contributed by atoms with E-state index < -0.39 is 0 Å². The van der Waals surface area contributed by atoms with Crippen LogP contribution in [-0.4, -0.2) is 15.9 Å². The number of fused-ring (bicyclic) bond motifs is 1. The van der Waals surface area contributed by atoms with Gasteiger partial charge in [0.2, 0.25) is 5.91 Å². The minimum Gasteiger partial charge on any atom is -0.352 e. The van der Waals surface area contributed by atoms with Crippen LogP contribution < -0.4 is 5.32 Å². The van der Waals surface area contributed by atoms with Crippen LogP contribution >= 0.6 is 22.6 Å². The van der Waals surface area contributed by atoms with Gasteiger partial charge in [-0.05, 0) is 18.8 Å². The van der Waals surface area contributed by atoms with Gasteiger partial charge in [0.15, 0.2) is 0 Å². The molecule has 3 heteroatoms. The molecular weight excluding hydrogens is 241 g/mol. The predicted molar refractivity (Wildman–Crippen MR) is 47.1 cm³/mol. The molecule has 3 atom stereocenters. The second-order valence-electron chi connectivity index (χ2n) is 3.15. The van der Waals surface area contributed by atoms with Crippen molar-refractivity contribution in [2.75, 3.05) is 0 Å². The maximum absolute atomic E-state index is 10.9. The topological polar surface area (TPSA) is 29.1 Å². The first-order valence-electron chi connectivity index (χ1n) is 3.71. The Morgan fingerprint density at radius 2 is 2.30 bits per heavy atom. The van der Waals surface area contributed by atoms with Crippen molar-refractivity contribution in [1.29, 1.82) is 0 Å². The van der Waals surface area contributed by atoms with Crippen molar-refractivity contribution in [2.24, 2.45) is 5.92 Å². The molecule has 2 nitrogen and oxygen atoms in total. The summed E-state index contributed by atoms with van der Waals surface area (Å²) >= 11 is 2.44. The van der Waals surface area contributed by atoms with Crippen molar-refractivity contribution in [3.8, 4) is 0 Å². The molecule has 2 aliphatic rings. The normalized spacial score (nSPS) is 45.3. The lowest BCUT2D eigenvalue weighted by atomic mass is 10.1. The summed E-state index contributed by atoms with van der Waals surface area (Å²) in [6.07, 6.45) is 3.32. The minimum atomic E-state index is 0.261. The standard InChI is InChI=1S/C7H10INO/c8-5-2-1-4-3-6(10)9-7(4)5/h4-5,7H,1-3H2,(H,9,10)/t4-,5-,7+/m1/s1. The molecule has 0 aromatic rings. The lowest BCUT2D eigenvalue weighted by molar-refractivity contribution is -0.119. The Morgan fingerprint density at radius 3 is 3.00 bits per heavy atom. The molecule has 10 heavy (non-hydrogen) atoms. The Labute approximate surface area is 73.9 Å². The summed E-state index contributed by atoms with van der Waals surface area (Å²) in [5.74, 6) is 0.922. The van der Waals surface area contributed by atoms with E-state index in [1.165, 1.54) is 12.8 Å². The Kier molecular flexibility index (Phi) is 1.62. The molecule has 1 saturated heterocycles. The van der Waals surface area contributed by atoms with Gasteiger partial charge in [-0.15, -0.1) is 0 Å². The van der Waals surface area contributed by atoms with Gasteiger partial charge in [-0.1, -0.05) is 22.6 Å². The van der Waals surface area contributed by atoms with E-state index in [1.54, 1.807) is 0 Å². The Balaban J connectivity index is 2.12. The third-order valence-corrected chi connectivity index (χ3v) is 3.88. The van der Waals surface area contributed by atoms with E-state index in [0.717, 1.165) is 6.42 Å². The van der Waals surface area contributed by atoms with E-state index in [0.29, 0.717) is 15.9 Å². The molecule has 1 N–H and O–H groups in total. The average molecular weight is 251 g/mol. The van der Waals surface area contributed by atoms with Crippen molar-refractivity contribution in [3.05, 3.63) is 0 Å². The second-order valence-corrected chi connectivity index (χ2v) is 4.75. The molecule has 1 aliphatic heterocycles. The molecule has 2 fully saturated rings. The fraction of sp³-hybridized carbons (Fsp3) is 0.857. The first-order valence-corrected chi connectivity index (χ1v) is 4.95. The number of hydrogen-bond acceptors (Lipinski definition) is 1. The summed E-state index contributed by atoms with van der Waals surface area (Å²) in [5.41, 5.74) is 0. The Hall–Kier alpha value is 0.200. The van der Waals surface area contributed by atoms with Gasteiger partial charge in [-0.25, -0.2) is 0 Å². The zero-order valence-electron chi connectivity index (χ0n) is 5.64. The summed E-state index contributed by atoms with van der Waals surface area (Å²) in [7, 11) is 0. The van der Waals surface area contributed by atoms with Crippen molar-refractivity contribution in [3.63, 3.8) is 0 Å². The van der Waals surface area contributed by atoms with E-state index in [1.807, 2.05) is 0 Å². The van der Waals surface area contributed by atoms with Crippen LogP contribution in [0.4, 0.5) is 0 Å². The molecule has 0 spiro atoms. The van der Waals surface area contributed by atoms with E-state index in [9.17, 15) is 4.79 Å². The van der Waals surface area contributed by atoms with Gasteiger partial charge in [0, 0.05) is 16.4 Å². The fourth-order valence-corrected chi connectivity index (χ4v) is 3.07. The molecule has 0 aromatic heterocycles. The minimum absolute atomic E-state index is 0.261. The van der Waals surface area contributed by atoms with E-state index in [-0.39, 0.29) is 5.91 Å². The molecule has 0 aromatic carbocycles. The van der Waals surface area contributed by atoms with Gasteiger partial charge >= 0.3 is 0 Å². The fourth-order valence-electron chi connectivity index (χ4n) is 1.95. The maximum Gasteiger partial charge on any atom is 0.220 e. The number of alkyl halides is 1. The molecule has 2 rings (SSSR count). The lowest BCUT2D eigenvalue weighted by Crippen LogP contribution is -2.32. The van der Waals surface area contributed by atoms with Gasteiger partial charge in [-0.3, -0.25) is 4.79 Å². The summed E-state index contributed by atoms with van der Waals surface area (Å²) in [4.78, 5) is 10.9. The quantitative estimate of drug-likeness (QED) is 0.506. The van der Waals surface area contributed by atoms with Crippen LogP contribution in [0.25, 0.3) is 0 Å². The Morgan fingerprint density at radius 1 is 1.50 bits per heavy atom. The smallest absolute Gasteiger partial charge is 0.220 e. The number of rotatable bonds is 0. The van der Waals surface area contributed by atoms with Crippen LogP contribution in [-0.2, 0) is 4.79 Å². The number of halogens is 1. The maximum atomic E-state index is 10.9. The largest absolute Gasteiger partial charge is 0.352 e. The van der Waals surface area contributed by atoms with E-state index in [2.05, 4.69) is 27.9 Å². The first-order chi connectivity index (χ1) is 4.77. The van der Waals surface area contributed by atoms with E-state index >= 15 is 0 Å². The number of hydrogen-bond donors (Lipinski definition) is 1. The van der Waals surface area contributed by atoms with Crippen LogP contribution in [0.2, 0.25) is 0 Å². The molecule has 1 saturated carbocycles. The average Bonchev–Trinajstić information content (AvgIpc) is 2.35. The molecule has 0 radical (unpaired) electrons. The molecule has 0 bridgehead atoms. The molecule has 1 aliphatic carbocycles.